The lowest BCUT2D eigenvalue weighted by Crippen LogP contribution is -2.52. The Morgan fingerprint density at radius 1 is 1.20 bits per heavy atom. The number of nitrogens with one attached hydrogen (secondary N) is 2. The van der Waals surface area contributed by atoms with Gasteiger partial charge < -0.3 is 10.6 Å². The molecule has 0 radical (unpaired) electrons. The highest BCUT2D eigenvalue weighted by Crippen LogP contribution is 2.16. The molecule has 1 unspecified atom stereocenters. The molecule has 2 saturated heterocycles. The van der Waals surface area contributed by atoms with E-state index in [9.17, 15) is 9.59 Å². The molecule has 1 amide bonds. The first-order valence-electron chi connectivity index (χ1n) is 8.70. The number of carbonyl (C=O) groups excluding carboxylic acids is 2. The van der Waals surface area contributed by atoms with Gasteiger partial charge in [0, 0.05) is 44.3 Å². The van der Waals surface area contributed by atoms with E-state index >= 15 is 0 Å². The highest BCUT2D eigenvalue weighted by atomic mass is 35.5. The fourth-order valence-electron chi connectivity index (χ4n) is 3.53. The maximum atomic E-state index is 12.3. The summed E-state index contributed by atoms with van der Waals surface area (Å²) in [5.74, 6) is -0.0932. The molecule has 2 aliphatic rings. The number of nitrogens with zero attached hydrogens (tertiary/aromatic N) is 2. The van der Waals surface area contributed by atoms with Crippen LogP contribution in [0.1, 0.15) is 23.7 Å². The van der Waals surface area contributed by atoms with Gasteiger partial charge in [-0.15, -0.1) is 12.4 Å². The third kappa shape index (κ3) is 5.25. The molecule has 0 aromatic heterocycles. The Kier molecular flexibility index (Phi) is 7.38. The topological polar surface area (TPSA) is 64.7 Å². The molecule has 2 aliphatic heterocycles. The van der Waals surface area contributed by atoms with Gasteiger partial charge in [0.15, 0.2) is 5.78 Å². The summed E-state index contributed by atoms with van der Waals surface area (Å²) in [6, 6.07) is 7.81. The van der Waals surface area contributed by atoms with Gasteiger partial charge in [0.2, 0.25) is 5.91 Å². The van der Waals surface area contributed by atoms with Crippen molar-refractivity contribution >= 4 is 29.8 Å². The van der Waals surface area contributed by atoms with Crippen LogP contribution in [0.3, 0.4) is 0 Å². The van der Waals surface area contributed by atoms with E-state index in [1.807, 2.05) is 12.1 Å². The fourth-order valence-corrected chi connectivity index (χ4v) is 3.53. The molecule has 2 heterocycles. The molecule has 2 N–H and O–H groups in total. The van der Waals surface area contributed by atoms with E-state index in [0.717, 1.165) is 39.3 Å². The van der Waals surface area contributed by atoms with Crippen LogP contribution in [0.2, 0.25) is 0 Å². The molecule has 7 heteroatoms. The molecule has 3 rings (SSSR count). The number of amides is 1. The average Bonchev–Trinajstić information content (AvgIpc) is 3.10. The van der Waals surface area contributed by atoms with E-state index < -0.39 is 0 Å². The summed E-state index contributed by atoms with van der Waals surface area (Å²) in [5, 5.41) is 6.29. The normalized spacial score (nSPS) is 21.6. The third-order valence-electron chi connectivity index (χ3n) is 4.91. The molecule has 6 nitrogen and oxygen atoms in total. The second-order valence-electron chi connectivity index (χ2n) is 6.61. The molecule has 0 saturated carbocycles. The second kappa shape index (κ2) is 9.29. The van der Waals surface area contributed by atoms with Crippen molar-refractivity contribution in [2.45, 2.75) is 19.4 Å². The predicted octanol–water partition coefficient (Wildman–Crippen LogP) is 1.23. The summed E-state index contributed by atoms with van der Waals surface area (Å²) >= 11 is 0. The van der Waals surface area contributed by atoms with Crippen molar-refractivity contribution in [2.24, 2.45) is 0 Å². The van der Waals surface area contributed by atoms with Crippen molar-refractivity contribution < 1.29 is 9.59 Å². The largest absolute Gasteiger partial charge is 0.324 e. The summed E-state index contributed by atoms with van der Waals surface area (Å²) in [5.41, 5.74) is 1.16. The Morgan fingerprint density at radius 2 is 1.92 bits per heavy atom. The highest BCUT2D eigenvalue weighted by molar-refractivity contribution is 6.04. The van der Waals surface area contributed by atoms with Gasteiger partial charge in [0.25, 0.3) is 0 Å². The average molecular weight is 367 g/mol. The molecular weight excluding hydrogens is 340 g/mol. The smallest absolute Gasteiger partial charge is 0.238 e. The van der Waals surface area contributed by atoms with Crippen LogP contribution in [0.5, 0.6) is 0 Å². The van der Waals surface area contributed by atoms with Gasteiger partial charge in [0.1, 0.15) is 0 Å². The van der Waals surface area contributed by atoms with Crippen LogP contribution >= 0.6 is 12.4 Å². The van der Waals surface area contributed by atoms with E-state index in [0.29, 0.717) is 23.8 Å². The maximum Gasteiger partial charge on any atom is 0.238 e. The molecule has 0 aliphatic carbocycles. The number of halogens is 1. The van der Waals surface area contributed by atoms with Gasteiger partial charge in [-0.3, -0.25) is 19.4 Å². The van der Waals surface area contributed by atoms with Crippen LogP contribution in [0, 0.1) is 0 Å². The Labute approximate surface area is 155 Å². The lowest BCUT2D eigenvalue weighted by Gasteiger charge is -2.37. The number of carbonyl (C=O) groups is 2. The quantitative estimate of drug-likeness (QED) is 0.767. The number of para-hydroxylation sites is 1. The van der Waals surface area contributed by atoms with E-state index in [4.69, 9.17) is 0 Å². The van der Waals surface area contributed by atoms with Crippen LogP contribution in [0.4, 0.5) is 5.69 Å². The van der Waals surface area contributed by atoms with Crippen LogP contribution in [0.25, 0.3) is 0 Å². The predicted molar refractivity (Wildman–Crippen MR) is 102 cm³/mol. The van der Waals surface area contributed by atoms with E-state index in [-0.39, 0.29) is 24.1 Å². The standard InChI is InChI=1S/C18H26N4O2.ClH/c1-14(23)16-4-2-3-5-17(16)20-18(24)13-21-8-10-22(11-9-21)15-6-7-19-12-15;/h2-5,15,19H,6-13H2,1H3,(H,20,24);1H. The Morgan fingerprint density at radius 3 is 2.56 bits per heavy atom. The summed E-state index contributed by atoms with van der Waals surface area (Å²) < 4.78 is 0. The minimum Gasteiger partial charge on any atom is -0.324 e. The highest BCUT2D eigenvalue weighted by Gasteiger charge is 2.26. The van der Waals surface area contributed by atoms with Crippen molar-refractivity contribution in [1.29, 1.82) is 0 Å². The minimum absolute atomic E-state index is 0. The fraction of sp³-hybridized carbons (Fsp3) is 0.556. The molecule has 2 fully saturated rings. The second-order valence-corrected chi connectivity index (χ2v) is 6.61. The monoisotopic (exact) mass is 366 g/mol. The number of benzene rings is 1. The number of piperazine rings is 1. The molecule has 138 valence electrons. The Bertz CT molecular complexity index is 596. The Hall–Kier alpha value is -1.47. The zero-order chi connectivity index (χ0) is 16.9. The zero-order valence-corrected chi connectivity index (χ0v) is 15.5. The zero-order valence-electron chi connectivity index (χ0n) is 14.7. The molecule has 0 spiro atoms. The molecule has 0 bridgehead atoms. The van der Waals surface area contributed by atoms with Crippen molar-refractivity contribution in [2.75, 3.05) is 51.1 Å². The van der Waals surface area contributed by atoms with Crippen molar-refractivity contribution in [3.63, 3.8) is 0 Å². The molecule has 25 heavy (non-hydrogen) atoms. The van der Waals surface area contributed by atoms with Crippen LogP contribution < -0.4 is 10.6 Å². The maximum absolute atomic E-state index is 12.3. The number of ketones is 1. The van der Waals surface area contributed by atoms with Crippen LogP contribution in [0.15, 0.2) is 24.3 Å². The van der Waals surface area contributed by atoms with E-state index in [1.54, 1.807) is 12.1 Å². The van der Waals surface area contributed by atoms with E-state index in [1.165, 1.54) is 13.3 Å². The molecule has 1 aromatic rings. The summed E-state index contributed by atoms with van der Waals surface area (Å²) in [7, 11) is 0. The van der Waals surface area contributed by atoms with Crippen molar-refractivity contribution in [3.05, 3.63) is 29.8 Å². The molecule has 1 atom stereocenters. The number of hydrogen-bond acceptors (Lipinski definition) is 5. The van der Waals surface area contributed by atoms with Crippen molar-refractivity contribution in [3.8, 4) is 0 Å². The first-order valence-corrected chi connectivity index (χ1v) is 8.70. The summed E-state index contributed by atoms with van der Waals surface area (Å²) in [6.45, 7) is 7.96. The van der Waals surface area contributed by atoms with Crippen LogP contribution in [-0.2, 0) is 4.79 Å². The number of hydrogen-bond donors (Lipinski definition) is 2. The Balaban J connectivity index is 0.00000225. The molecule has 1 aromatic carbocycles. The third-order valence-corrected chi connectivity index (χ3v) is 4.91. The number of Topliss-reactive ketones (excluding diaryl/α,β-unsaturated/α-hetero) is 1. The summed E-state index contributed by atoms with van der Waals surface area (Å²) in [6.07, 6.45) is 1.22. The van der Waals surface area contributed by atoms with E-state index in [2.05, 4.69) is 20.4 Å². The number of rotatable bonds is 5. The van der Waals surface area contributed by atoms with Gasteiger partial charge in [-0.05, 0) is 32.0 Å². The van der Waals surface area contributed by atoms with Gasteiger partial charge in [-0.25, -0.2) is 0 Å². The first kappa shape index (κ1) is 19.8. The van der Waals surface area contributed by atoms with Gasteiger partial charge in [0.05, 0.1) is 12.2 Å². The van der Waals surface area contributed by atoms with Crippen molar-refractivity contribution in [1.82, 2.24) is 15.1 Å². The lowest BCUT2D eigenvalue weighted by atomic mass is 10.1. The minimum atomic E-state index is -0.0558. The molecular formula is C18H27ClN4O2. The lowest BCUT2D eigenvalue weighted by molar-refractivity contribution is -0.117. The number of anilines is 1. The SMILES string of the molecule is CC(=O)c1ccccc1NC(=O)CN1CCN(C2CCNC2)CC1.Cl. The van der Waals surface area contributed by atoms with Gasteiger partial charge in [-0.2, -0.15) is 0 Å². The van der Waals surface area contributed by atoms with Gasteiger partial charge in [-0.1, -0.05) is 12.1 Å². The first-order chi connectivity index (χ1) is 11.6. The van der Waals surface area contributed by atoms with Crippen LogP contribution in [-0.4, -0.2) is 73.3 Å². The van der Waals surface area contributed by atoms with Gasteiger partial charge >= 0.3 is 0 Å². The summed E-state index contributed by atoms with van der Waals surface area (Å²) in [4.78, 5) is 28.6.